The first-order chi connectivity index (χ1) is 8.02. The Balaban J connectivity index is 2.72. The molecule has 4 heteroatoms. The average Bonchev–Trinajstić information content (AvgIpc) is 2.21. The van der Waals surface area contributed by atoms with E-state index in [4.69, 9.17) is 9.47 Å². The van der Waals surface area contributed by atoms with Crippen molar-refractivity contribution in [2.45, 2.75) is 26.9 Å². The third-order valence-electron chi connectivity index (χ3n) is 2.12. The topological polar surface area (TPSA) is 47.6 Å². The number of carbonyl (C=O) groups excluding carboxylic acids is 1. The Morgan fingerprint density at radius 1 is 1.41 bits per heavy atom. The van der Waals surface area contributed by atoms with Crippen LogP contribution in [0.5, 0.6) is 5.75 Å². The van der Waals surface area contributed by atoms with Gasteiger partial charge in [0.05, 0.1) is 6.10 Å². The van der Waals surface area contributed by atoms with Gasteiger partial charge in [-0.2, -0.15) is 0 Å². The molecule has 4 nitrogen and oxygen atoms in total. The maximum absolute atomic E-state index is 11.4. The van der Waals surface area contributed by atoms with Crippen molar-refractivity contribution in [1.29, 1.82) is 0 Å². The average molecular weight is 237 g/mol. The molecule has 1 aromatic carbocycles. The molecule has 0 spiro atoms. The zero-order valence-corrected chi connectivity index (χ0v) is 10.7. The summed E-state index contributed by atoms with van der Waals surface area (Å²) in [5.74, 6) is 0.648. The summed E-state index contributed by atoms with van der Waals surface area (Å²) in [6.45, 7) is 5.94. The molecule has 0 aliphatic carbocycles. The molecule has 0 unspecified atom stereocenters. The predicted octanol–water partition coefficient (Wildman–Crippen LogP) is 2.37. The normalized spacial score (nSPS) is 10.4. The van der Waals surface area contributed by atoms with Crippen LogP contribution in [0.15, 0.2) is 18.2 Å². The van der Waals surface area contributed by atoms with Crippen molar-refractivity contribution in [1.82, 2.24) is 0 Å². The summed E-state index contributed by atoms with van der Waals surface area (Å²) >= 11 is 0. The van der Waals surface area contributed by atoms with Crippen molar-refractivity contribution in [3.8, 4) is 5.75 Å². The van der Waals surface area contributed by atoms with E-state index in [-0.39, 0.29) is 18.6 Å². The lowest BCUT2D eigenvalue weighted by molar-refractivity contribution is -0.119. The summed E-state index contributed by atoms with van der Waals surface area (Å²) in [5.41, 5.74) is 1.75. The van der Waals surface area contributed by atoms with Crippen molar-refractivity contribution in [2.75, 3.05) is 19.0 Å². The lowest BCUT2D eigenvalue weighted by atomic mass is 10.2. The number of rotatable bonds is 5. The first-order valence-corrected chi connectivity index (χ1v) is 5.59. The number of benzene rings is 1. The van der Waals surface area contributed by atoms with Crippen LogP contribution in [0.4, 0.5) is 5.69 Å². The fourth-order valence-electron chi connectivity index (χ4n) is 1.44. The van der Waals surface area contributed by atoms with E-state index in [1.54, 1.807) is 0 Å². The van der Waals surface area contributed by atoms with Crippen LogP contribution in [0.2, 0.25) is 0 Å². The third kappa shape index (κ3) is 4.44. The van der Waals surface area contributed by atoms with E-state index >= 15 is 0 Å². The van der Waals surface area contributed by atoms with E-state index in [0.29, 0.717) is 0 Å². The Bertz CT molecular complexity index is 388. The predicted molar refractivity (Wildman–Crippen MR) is 67.4 cm³/mol. The summed E-state index contributed by atoms with van der Waals surface area (Å²) in [5, 5.41) is 2.77. The van der Waals surface area contributed by atoms with Crippen LogP contribution in [0.1, 0.15) is 19.4 Å². The molecule has 0 bridgehead atoms. The van der Waals surface area contributed by atoms with Crippen LogP contribution in [0.3, 0.4) is 0 Å². The molecule has 1 N–H and O–H groups in total. The maximum Gasteiger partial charge on any atom is 0.250 e. The Labute approximate surface area is 102 Å². The number of ether oxygens (including phenoxy) is 2. The van der Waals surface area contributed by atoms with Gasteiger partial charge in [0.25, 0.3) is 0 Å². The number of hydrogen-bond donors (Lipinski definition) is 1. The highest BCUT2D eigenvalue weighted by atomic mass is 16.5. The Hall–Kier alpha value is -1.55. The van der Waals surface area contributed by atoms with Crippen molar-refractivity contribution in [3.05, 3.63) is 23.8 Å². The van der Waals surface area contributed by atoms with Crippen molar-refractivity contribution in [2.24, 2.45) is 0 Å². The number of methoxy groups -OCH3 is 1. The number of aryl methyl sites for hydroxylation is 1. The third-order valence-corrected chi connectivity index (χ3v) is 2.12. The van der Waals surface area contributed by atoms with E-state index in [1.165, 1.54) is 7.11 Å². The molecule has 94 valence electrons. The van der Waals surface area contributed by atoms with E-state index in [2.05, 4.69) is 5.32 Å². The SMILES string of the molecule is COCC(=O)Nc1ccc(OC(C)C)cc1C. The molecule has 0 saturated carbocycles. The molecule has 0 aliphatic heterocycles. The second-order valence-corrected chi connectivity index (χ2v) is 4.12. The monoisotopic (exact) mass is 237 g/mol. The van der Waals surface area contributed by atoms with Gasteiger partial charge in [-0.05, 0) is 44.5 Å². The maximum atomic E-state index is 11.4. The van der Waals surface area contributed by atoms with Gasteiger partial charge in [0, 0.05) is 12.8 Å². The number of carbonyl (C=O) groups is 1. The Kier molecular flexibility index (Phi) is 4.97. The fourth-order valence-corrected chi connectivity index (χ4v) is 1.44. The van der Waals surface area contributed by atoms with Gasteiger partial charge < -0.3 is 14.8 Å². The molecule has 0 heterocycles. The van der Waals surface area contributed by atoms with Gasteiger partial charge in [0.1, 0.15) is 12.4 Å². The van der Waals surface area contributed by atoms with Crippen LogP contribution in [0, 0.1) is 6.92 Å². The molecule has 0 radical (unpaired) electrons. The summed E-state index contributed by atoms with van der Waals surface area (Å²) < 4.78 is 10.3. The number of nitrogens with one attached hydrogen (secondary N) is 1. The van der Waals surface area contributed by atoms with Crippen molar-refractivity contribution >= 4 is 11.6 Å². The smallest absolute Gasteiger partial charge is 0.250 e. The number of amides is 1. The van der Waals surface area contributed by atoms with Crippen molar-refractivity contribution < 1.29 is 14.3 Å². The molecular weight excluding hydrogens is 218 g/mol. The van der Waals surface area contributed by atoms with E-state index in [1.807, 2.05) is 39.0 Å². The van der Waals surface area contributed by atoms with E-state index in [9.17, 15) is 4.79 Å². The Morgan fingerprint density at radius 2 is 2.12 bits per heavy atom. The molecule has 1 amide bonds. The highest BCUT2D eigenvalue weighted by molar-refractivity contribution is 5.92. The van der Waals surface area contributed by atoms with Crippen LogP contribution < -0.4 is 10.1 Å². The lowest BCUT2D eigenvalue weighted by Gasteiger charge is -2.13. The summed E-state index contributed by atoms with van der Waals surface area (Å²) in [4.78, 5) is 11.4. The van der Waals surface area contributed by atoms with Crippen molar-refractivity contribution in [3.63, 3.8) is 0 Å². The zero-order chi connectivity index (χ0) is 12.8. The van der Waals surface area contributed by atoms with E-state index < -0.39 is 0 Å². The Morgan fingerprint density at radius 3 is 2.65 bits per heavy atom. The highest BCUT2D eigenvalue weighted by Crippen LogP contribution is 2.22. The molecule has 0 fully saturated rings. The minimum atomic E-state index is -0.159. The van der Waals surface area contributed by atoms with Gasteiger partial charge in [-0.1, -0.05) is 0 Å². The van der Waals surface area contributed by atoms with Gasteiger partial charge in [-0.15, -0.1) is 0 Å². The van der Waals surface area contributed by atoms with E-state index in [0.717, 1.165) is 17.0 Å². The lowest BCUT2D eigenvalue weighted by Crippen LogP contribution is -2.17. The molecule has 0 saturated heterocycles. The summed E-state index contributed by atoms with van der Waals surface area (Å²) in [6, 6.07) is 5.58. The molecule has 1 aromatic rings. The van der Waals surface area contributed by atoms with Crippen LogP contribution >= 0.6 is 0 Å². The molecule has 0 atom stereocenters. The zero-order valence-electron chi connectivity index (χ0n) is 10.7. The first kappa shape index (κ1) is 13.5. The fraction of sp³-hybridized carbons (Fsp3) is 0.462. The molecule has 0 aliphatic rings. The number of anilines is 1. The highest BCUT2D eigenvalue weighted by Gasteiger charge is 2.06. The minimum Gasteiger partial charge on any atom is -0.491 e. The second-order valence-electron chi connectivity index (χ2n) is 4.12. The largest absolute Gasteiger partial charge is 0.491 e. The van der Waals surface area contributed by atoms with Gasteiger partial charge in [-0.3, -0.25) is 4.79 Å². The van der Waals surface area contributed by atoms with Gasteiger partial charge in [0.2, 0.25) is 5.91 Å². The molecule has 1 rings (SSSR count). The standard InChI is InChI=1S/C13H19NO3/c1-9(2)17-11-5-6-12(10(3)7-11)14-13(15)8-16-4/h5-7,9H,8H2,1-4H3,(H,14,15). The van der Waals surface area contributed by atoms with Crippen LogP contribution in [-0.4, -0.2) is 25.7 Å². The quantitative estimate of drug-likeness (QED) is 0.855. The van der Waals surface area contributed by atoms with Crippen LogP contribution in [0.25, 0.3) is 0 Å². The minimum absolute atomic E-state index is 0.0592. The van der Waals surface area contributed by atoms with Gasteiger partial charge >= 0.3 is 0 Å². The summed E-state index contributed by atoms with van der Waals surface area (Å²) in [7, 11) is 1.49. The second kappa shape index (κ2) is 6.25. The number of hydrogen-bond acceptors (Lipinski definition) is 3. The van der Waals surface area contributed by atoms with Gasteiger partial charge in [-0.25, -0.2) is 0 Å². The van der Waals surface area contributed by atoms with Gasteiger partial charge in [0.15, 0.2) is 0 Å². The first-order valence-electron chi connectivity index (χ1n) is 5.59. The summed E-state index contributed by atoms with van der Waals surface area (Å²) in [6.07, 6.45) is 0.142. The molecule has 17 heavy (non-hydrogen) atoms. The molecular formula is C13H19NO3. The van der Waals surface area contributed by atoms with Crippen LogP contribution in [-0.2, 0) is 9.53 Å². The molecule has 0 aromatic heterocycles.